The Kier molecular flexibility index (Phi) is 4.27. The van der Waals surface area contributed by atoms with E-state index in [0.717, 1.165) is 27.4 Å². The van der Waals surface area contributed by atoms with E-state index in [-0.39, 0.29) is 0 Å². The largest absolute Gasteiger partial charge is 0.497 e. The predicted octanol–water partition coefficient (Wildman–Crippen LogP) is 4.41. The van der Waals surface area contributed by atoms with Crippen LogP contribution in [0, 0.1) is 11.3 Å². The molecular weight excluding hydrogens is 292 g/mol. The van der Waals surface area contributed by atoms with E-state index < -0.39 is 0 Å². The summed E-state index contributed by atoms with van der Waals surface area (Å²) in [5, 5.41) is 11.1. The lowest BCUT2D eigenvalue weighted by atomic mass is 10.1. The van der Waals surface area contributed by atoms with E-state index in [9.17, 15) is 5.26 Å². The van der Waals surface area contributed by atoms with E-state index in [4.69, 9.17) is 4.74 Å². The van der Waals surface area contributed by atoms with Crippen LogP contribution in [0.5, 0.6) is 5.75 Å². The van der Waals surface area contributed by atoms with Gasteiger partial charge in [0.2, 0.25) is 0 Å². The molecule has 0 radical (unpaired) electrons. The Morgan fingerprint density at radius 3 is 2.68 bits per heavy atom. The van der Waals surface area contributed by atoms with Crippen LogP contribution in [0.15, 0.2) is 59.6 Å². The van der Waals surface area contributed by atoms with Gasteiger partial charge in [-0.25, -0.2) is 4.98 Å². The monoisotopic (exact) mass is 306 g/mol. The fourth-order valence-electron chi connectivity index (χ4n) is 2.18. The molecule has 2 aromatic carbocycles. The van der Waals surface area contributed by atoms with Crippen LogP contribution in [0.2, 0.25) is 0 Å². The molecule has 1 heterocycles. The van der Waals surface area contributed by atoms with Gasteiger partial charge in [-0.15, -0.1) is 11.8 Å². The summed E-state index contributed by atoms with van der Waals surface area (Å²) >= 11 is 1.58. The fourth-order valence-corrected chi connectivity index (χ4v) is 3.10. The molecule has 4 heteroatoms. The molecule has 1 aromatic heterocycles. The maximum absolute atomic E-state index is 9.37. The third-order valence-corrected chi connectivity index (χ3v) is 4.39. The van der Waals surface area contributed by atoms with E-state index in [0.29, 0.717) is 5.56 Å². The number of fused-ring (bicyclic) bond motifs is 1. The maximum atomic E-state index is 9.37. The van der Waals surface area contributed by atoms with Crippen molar-refractivity contribution in [2.75, 3.05) is 7.11 Å². The third-order valence-electron chi connectivity index (χ3n) is 3.33. The molecule has 0 saturated carbocycles. The van der Waals surface area contributed by atoms with Crippen molar-refractivity contribution in [3.8, 4) is 11.8 Å². The maximum Gasteiger partial charge on any atom is 0.119 e. The van der Waals surface area contributed by atoms with Gasteiger partial charge in [0.05, 0.1) is 18.2 Å². The summed E-state index contributed by atoms with van der Waals surface area (Å²) in [6.45, 7) is 0. The number of rotatable bonds is 4. The van der Waals surface area contributed by atoms with Crippen molar-refractivity contribution in [2.24, 2.45) is 0 Å². The fraction of sp³-hybridized carbons (Fsp3) is 0.111. The van der Waals surface area contributed by atoms with Crippen molar-refractivity contribution in [3.63, 3.8) is 0 Å². The highest BCUT2D eigenvalue weighted by atomic mass is 32.2. The van der Waals surface area contributed by atoms with Gasteiger partial charge in [0.25, 0.3) is 0 Å². The number of pyridine rings is 1. The number of methoxy groups -OCH3 is 1. The van der Waals surface area contributed by atoms with Gasteiger partial charge in [0.1, 0.15) is 16.8 Å². The van der Waals surface area contributed by atoms with Gasteiger partial charge < -0.3 is 4.74 Å². The molecule has 0 aliphatic rings. The van der Waals surface area contributed by atoms with Crippen LogP contribution in [0.25, 0.3) is 10.9 Å². The number of benzene rings is 2. The van der Waals surface area contributed by atoms with Gasteiger partial charge in [-0.05, 0) is 29.8 Å². The first-order valence-corrected chi connectivity index (χ1v) is 7.84. The quantitative estimate of drug-likeness (QED) is 0.670. The molecule has 0 aliphatic carbocycles. The number of ether oxygens (including phenoxy) is 1. The first-order valence-electron chi connectivity index (χ1n) is 6.86. The Hall–Kier alpha value is -2.51. The second-order valence-electron chi connectivity index (χ2n) is 4.79. The Morgan fingerprint density at radius 1 is 1.14 bits per heavy atom. The van der Waals surface area contributed by atoms with E-state index in [1.54, 1.807) is 18.9 Å². The average molecular weight is 306 g/mol. The lowest BCUT2D eigenvalue weighted by Crippen LogP contribution is -1.91. The highest BCUT2D eigenvalue weighted by Crippen LogP contribution is 2.28. The predicted molar refractivity (Wildman–Crippen MR) is 89.0 cm³/mol. The molecule has 0 bridgehead atoms. The van der Waals surface area contributed by atoms with Crippen LogP contribution < -0.4 is 4.74 Å². The van der Waals surface area contributed by atoms with Gasteiger partial charge in [-0.3, -0.25) is 0 Å². The Balaban J connectivity index is 1.93. The lowest BCUT2D eigenvalue weighted by Gasteiger charge is -2.07. The number of hydrogen-bond acceptors (Lipinski definition) is 4. The molecule has 3 nitrogen and oxygen atoms in total. The third kappa shape index (κ3) is 3.05. The Labute approximate surface area is 133 Å². The number of thioether (sulfide) groups is 1. The highest BCUT2D eigenvalue weighted by molar-refractivity contribution is 7.98. The molecule has 3 aromatic rings. The van der Waals surface area contributed by atoms with Crippen molar-refractivity contribution < 1.29 is 4.74 Å². The Morgan fingerprint density at radius 2 is 1.95 bits per heavy atom. The smallest absolute Gasteiger partial charge is 0.119 e. The highest BCUT2D eigenvalue weighted by Gasteiger charge is 2.08. The van der Waals surface area contributed by atoms with E-state index in [2.05, 4.69) is 23.2 Å². The first kappa shape index (κ1) is 14.4. The summed E-state index contributed by atoms with van der Waals surface area (Å²) in [5.41, 5.74) is 2.69. The van der Waals surface area contributed by atoms with E-state index >= 15 is 0 Å². The van der Waals surface area contributed by atoms with Crippen molar-refractivity contribution in [2.45, 2.75) is 10.8 Å². The van der Waals surface area contributed by atoms with Crippen molar-refractivity contribution in [1.29, 1.82) is 5.26 Å². The van der Waals surface area contributed by atoms with Crippen LogP contribution in [0.4, 0.5) is 0 Å². The van der Waals surface area contributed by atoms with Gasteiger partial charge in [0.15, 0.2) is 0 Å². The number of nitrogens with zero attached hydrogens (tertiary/aromatic N) is 2. The SMILES string of the molecule is COc1ccc2nc(SCc3ccccc3)c(C#N)cc2c1. The van der Waals surface area contributed by atoms with Crippen LogP contribution in [0.1, 0.15) is 11.1 Å². The number of nitriles is 1. The topological polar surface area (TPSA) is 45.9 Å². The molecule has 0 unspecified atom stereocenters. The molecule has 22 heavy (non-hydrogen) atoms. The molecule has 0 fully saturated rings. The van der Waals surface area contributed by atoms with Crippen LogP contribution in [0.3, 0.4) is 0 Å². The summed E-state index contributed by atoms with van der Waals surface area (Å²) < 4.78 is 5.22. The second-order valence-corrected chi connectivity index (χ2v) is 5.75. The van der Waals surface area contributed by atoms with E-state index in [1.165, 1.54) is 5.56 Å². The van der Waals surface area contributed by atoms with Crippen LogP contribution >= 0.6 is 11.8 Å². The Bertz CT molecular complexity index is 841. The molecule has 0 atom stereocenters. The van der Waals surface area contributed by atoms with Gasteiger partial charge in [-0.2, -0.15) is 5.26 Å². The summed E-state index contributed by atoms with van der Waals surface area (Å²) in [7, 11) is 1.63. The van der Waals surface area contributed by atoms with Crippen molar-refractivity contribution in [1.82, 2.24) is 4.98 Å². The van der Waals surface area contributed by atoms with Crippen molar-refractivity contribution in [3.05, 3.63) is 65.7 Å². The molecule has 0 saturated heterocycles. The summed E-state index contributed by atoms with van der Waals surface area (Å²) in [4.78, 5) is 4.62. The number of aromatic nitrogens is 1. The van der Waals surface area contributed by atoms with Gasteiger partial charge in [-0.1, -0.05) is 30.3 Å². The molecule has 0 aliphatic heterocycles. The zero-order valence-electron chi connectivity index (χ0n) is 12.1. The molecule has 3 rings (SSSR count). The van der Waals surface area contributed by atoms with Gasteiger partial charge >= 0.3 is 0 Å². The summed E-state index contributed by atoms with van der Waals surface area (Å²) in [5.74, 6) is 1.56. The normalized spacial score (nSPS) is 10.4. The van der Waals surface area contributed by atoms with Crippen molar-refractivity contribution >= 4 is 22.7 Å². The minimum absolute atomic E-state index is 0.599. The second kappa shape index (κ2) is 6.50. The molecule has 0 amide bonds. The summed E-state index contributed by atoms with van der Waals surface area (Å²) in [6, 6.07) is 20.0. The first-order chi connectivity index (χ1) is 10.8. The van der Waals surface area contributed by atoms with Crippen LogP contribution in [-0.2, 0) is 5.75 Å². The zero-order chi connectivity index (χ0) is 15.4. The minimum Gasteiger partial charge on any atom is -0.497 e. The molecule has 108 valence electrons. The molecular formula is C18H14N2OS. The molecule has 0 spiro atoms. The zero-order valence-corrected chi connectivity index (χ0v) is 12.9. The minimum atomic E-state index is 0.599. The van der Waals surface area contributed by atoms with Crippen LogP contribution in [-0.4, -0.2) is 12.1 Å². The van der Waals surface area contributed by atoms with Gasteiger partial charge in [0, 0.05) is 11.1 Å². The van der Waals surface area contributed by atoms with E-state index in [1.807, 2.05) is 42.5 Å². The number of hydrogen-bond donors (Lipinski definition) is 0. The summed E-state index contributed by atoms with van der Waals surface area (Å²) in [6.07, 6.45) is 0. The molecule has 0 N–H and O–H groups in total. The standard InChI is InChI=1S/C18H14N2OS/c1-21-16-7-8-17-14(10-16)9-15(11-19)18(20-17)22-12-13-5-3-2-4-6-13/h2-10H,12H2,1H3. The average Bonchev–Trinajstić information content (AvgIpc) is 2.59. The lowest BCUT2D eigenvalue weighted by molar-refractivity contribution is 0.415.